The molecule has 0 spiro atoms. The van der Waals surface area contributed by atoms with Crippen LogP contribution in [0.1, 0.15) is 18.9 Å². The van der Waals surface area contributed by atoms with E-state index >= 15 is 0 Å². The third-order valence-corrected chi connectivity index (χ3v) is 2.36. The van der Waals surface area contributed by atoms with Gasteiger partial charge in [0.2, 0.25) is 0 Å². The maximum absolute atomic E-state index is 11.5. The maximum Gasteiger partial charge on any atom is 0.334 e. The van der Waals surface area contributed by atoms with Crippen LogP contribution < -0.4 is 0 Å². The molecule has 0 atom stereocenters. The zero-order valence-electron chi connectivity index (χ0n) is 10.3. The first kappa shape index (κ1) is 14.0. The van der Waals surface area contributed by atoms with Gasteiger partial charge in [-0.05, 0) is 25.3 Å². The largest absolute Gasteiger partial charge is 0.478 e. The van der Waals surface area contributed by atoms with E-state index in [2.05, 4.69) is 0 Å². The third kappa shape index (κ3) is 4.82. The van der Waals surface area contributed by atoms with Crippen molar-refractivity contribution in [1.29, 1.82) is 0 Å². The van der Waals surface area contributed by atoms with Crippen LogP contribution in [-0.2, 0) is 20.7 Å². The van der Waals surface area contributed by atoms with Gasteiger partial charge in [-0.25, -0.2) is 9.59 Å². The lowest BCUT2D eigenvalue weighted by Crippen LogP contribution is -2.10. The molecule has 0 radical (unpaired) electrons. The zero-order valence-corrected chi connectivity index (χ0v) is 10.3. The SMILES string of the molecule is CCOC(=O)C(=CC(=O)O)CCc1ccccc1. The van der Waals surface area contributed by atoms with Crippen LogP contribution in [0.15, 0.2) is 42.0 Å². The fraction of sp³-hybridized carbons (Fsp3) is 0.286. The number of rotatable bonds is 6. The lowest BCUT2D eigenvalue weighted by atomic mass is 10.0. The summed E-state index contributed by atoms with van der Waals surface area (Å²) in [6, 6.07) is 9.58. The normalized spacial score (nSPS) is 11.1. The van der Waals surface area contributed by atoms with Gasteiger partial charge < -0.3 is 9.84 Å². The molecule has 0 bridgehead atoms. The number of carbonyl (C=O) groups excluding carboxylic acids is 1. The lowest BCUT2D eigenvalue weighted by molar-refractivity contribution is -0.139. The topological polar surface area (TPSA) is 63.6 Å². The minimum Gasteiger partial charge on any atom is -0.478 e. The minimum absolute atomic E-state index is 0.188. The number of hydrogen-bond donors (Lipinski definition) is 1. The molecule has 1 aromatic carbocycles. The Balaban J connectivity index is 2.68. The first-order valence-corrected chi connectivity index (χ1v) is 5.78. The average molecular weight is 248 g/mol. The highest BCUT2D eigenvalue weighted by molar-refractivity contribution is 5.95. The molecule has 4 heteroatoms. The first-order valence-electron chi connectivity index (χ1n) is 5.78. The molecule has 0 aromatic heterocycles. The summed E-state index contributed by atoms with van der Waals surface area (Å²) in [7, 11) is 0. The van der Waals surface area contributed by atoms with Crippen LogP contribution in [0.2, 0.25) is 0 Å². The Hall–Kier alpha value is -2.10. The van der Waals surface area contributed by atoms with Crippen LogP contribution in [0.25, 0.3) is 0 Å². The molecule has 0 aliphatic carbocycles. The number of hydrogen-bond acceptors (Lipinski definition) is 3. The monoisotopic (exact) mass is 248 g/mol. The number of ether oxygens (including phenoxy) is 1. The summed E-state index contributed by atoms with van der Waals surface area (Å²) in [6.07, 6.45) is 1.88. The van der Waals surface area contributed by atoms with E-state index in [1.165, 1.54) is 0 Å². The molecular weight excluding hydrogens is 232 g/mol. The molecule has 1 rings (SSSR count). The van der Waals surface area contributed by atoms with Crippen molar-refractivity contribution in [2.75, 3.05) is 6.61 Å². The summed E-state index contributed by atoms with van der Waals surface area (Å²) in [4.78, 5) is 22.2. The van der Waals surface area contributed by atoms with E-state index in [9.17, 15) is 9.59 Å². The smallest absolute Gasteiger partial charge is 0.334 e. The second kappa shape index (κ2) is 7.27. The van der Waals surface area contributed by atoms with Gasteiger partial charge in [0.15, 0.2) is 0 Å². The summed E-state index contributed by atoms with van der Waals surface area (Å²) in [5.74, 6) is -1.69. The molecule has 0 aliphatic rings. The molecule has 0 amide bonds. The third-order valence-electron chi connectivity index (χ3n) is 2.36. The number of aliphatic carboxylic acids is 1. The Morgan fingerprint density at radius 3 is 2.50 bits per heavy atom. The van der Waals surface area contributed by atoms with Crippen molar-refractivity contribution >= 4 is 11.9 Å². The average Bonchev–Trinajstić information content (AvgIpc) is 2.35. The van der Waals surface area contributed by atoms with E-state index in [-0.39, 0.29) is 12.2 Å². The quantitative estimate of drug-likeness (QED) is 0.619. The van der Waals surface area contributed by atoms with Crippen molar-refractivity contribution in [1.82, 2.24) is 0 Å². The number of benzene rings is 1. The summed E-state index contributed by atoms with van der Waals surface area (Å²) < 4.78 is 4.82. The van der Waals surface area contributed by atoms with Crippen molar-refractivity contribution in [3.63, 3.8) is 0 Å². The van der Waals surface area contributed by atoms with Gasteiger partial charge in [-0.2, -0.15) is 0 Å². The first-order chi connectivity index (χ1) is 8.63. The summed E-state index contributed by atoms with van der Waals surface area (Å²) in [6.45, 7) is 1.93. The van der Waals surface area contributed by atoms with E-state index in [1.807, 2.05) is 30.3 Å². The van der Waals surface area contributed by atoms with Crippen molar-refractivity contribution in [2.45, 2.75) is 19.8 Å². The standard InChI is InChI=1S/C14H16O4/c1-2-18-14(17)12(10-13(15)16)9-8-11-6-4-3-5-7-11/h3-7,10H,2,8-9H2,1H3,(H,15,16). The fourth-order valence-electron chi connectivity index (χ4n) is 1.53. The highest BCUT2D eigenvalue weighted by atomic mass is 16.5. The Labute approximate surface area is 106 Å². The molecule has 18 heavy (non-hydrogen) atoms. The number of carboxylic acid groups (broad SMARTS) is 1. The van der Waals surface area contributed by atoms with Crippen LogP contribution >= 0.6 is 0 Å². The number of carboxylic acids is 1. The fourth-order valence-corrected chi connectivity index (χ4v) is 1.53. The lowest BCUT2D eigenvalue weighted by Gasteiger charge is -2.06. The number of esters is 1. The van der Waals surface area contributed by atoms with E-state index in [0.29, 0.717) is 12.8 Å². The van der Waals surface area contributed by atoms with E-state index in [4.69, 9.17) is 9.84 Å². The molecule has 0 saturated carbocycles. The Morgan fingerprint density at radius 1 is 1.28 bits per heavy atom. The summed E-state index contributed by atoms with van der Waals surface area (Å²) >= 11 is 0. The van der Waals surface area contributed by atoms with Crippen LogP contribution in [0.4, 0.5) is 0 Å². The van der Waals surface area contributed by atoms with E-state index in [1.54, 1.807) is 6.92 Å². The van der Waals surface area contributed by atoms with Crippen molar-refractivity contribution in [2.24, 2.45) is 0 Å². The highest BCUT2D eigenvalue weighted by Gasteiger charge is 2.12. The van der Waals surface area contributed by atoms with Gasteiger partial charge in [0.25, 0.3) is 0 Å². The minimum atomic E-state index is -1.13. The zero-order chi connectivity index (χ0) is 13.4. The summed E-state index contributed by atoms with van der Waals surface area (Å²) in [5, 5.41) is 8.71. The predicted octanol–water partition coefficient (Wildman–Crippen LogP) is 2.19. The van der Waals surface area contributed by atoms with Gasteiger partial charge in [0.1, 0.15) is 0 Å². The van der Waals surface area contributed by atoms with Gasteiger partial charge >= 0.3 is 11.9 Å². The van der Waals surface area contributed by atoms with Gasteiger partial charge in [0.05, 0.1) is 6.61 Å². The molecule has 0 fully saturated rings. The van der Waals surface area contributed by atoms with Gasteiger partial charge in [0, 0.05) is 11.6 Å². The van der Waals surface area contributed by atoms with Crippen molar-refractivity contribution in [3.8, 4) is 0 Å². The molecule has 0 heterocycles. The molecular formula is C14H16O4. The maximum atomic E-state index is 11.5. The van der Waals surface area contributed by atoms with Gasteiger partial charge in [-0.3, -0.25) is 0 Å². The van der Waals surface area contributed by atoms with E-state index < -0.39 is 11.9 Å². The summed E-state index contributed by atoms with van der Waals surface area (Å²) in [5.41, 5.74) is 1.24. The van der Waals surface area contributed by atoms with Gasteiger partial charge in [-0.1, -0.05) is 30.3 Å². The molecule has 0 unspecified atom stereocenters. The van der Waals surface area contributed by atoms with Crippen molar-refractivity contribution in [3.05, 3.63) is 47.5 Å². The van der Waals surface area contributed by atoms with Crippen molar-refractivity contribution < 1.29 is 19.4 Å². The second-order valence-electron chi connectivity index (χ2n) is 3.71. The van der Waals surface area contributed by atoms with Crippen LogP contribution in [-0.4, -0.2) is 23.7 Å². The van der Waals surface area contributed by atoms with Crippen LogP contribution in [0.5, 0.6) is 0 Å². The van der Waals surface area contributed by atoms with Gasteiger partial charge in [-0.15, -0.1) is 0 Å². The number of aryl methyl sites for hydroxylation is 1. The molecule has 96 valence electrons. The molecule has 1 N–H and O–H groups in total. The predicted molar refractivity (Wildman–Crippen MR) is 67.1 cm³/mol. The second-order valence-corrected chi connectivity index (χ2v) is 3.71. The van der Waals surface area contributed by atoms with E-state index in [0.717, 1.165) is 11.6 Å². The Kier molecular flexibility index (Phi) is 5.64. The number of carbonyl (C=O) groups is 2. The van der Waals surface area contributed by atoms with Crippen LogP contribution in [0, 0.1) is 0 Å². The molecule has 0 aliphatic heterocycles. The Morgan fingerprint density at radius 2 is 1.94 bits per heavy atom. The molecule has 4 nitrogen and oxygen atoms in total. The molecule has 1 aromatic rings. The Bertz CT molecular complexity index is 434. The highest BCUT2D eigenvalue weighted by Crippen LogP contribution is 2.11. The molecule has 0 saturated heterocycles. The van der Waals surface area contributed by atoms with Crippen LogP contribution in [0.3, 0.4) is 0 Å².